The monoisotopic (exact) mass is 318 g/mol. The Morgan fingerprint density at radius 2 is 2.00 bits per heavy atom. The summed E-state index contributed by atoms with van der Waals surface area (Å²) in [7, 11) is 3.43. The molecule has 0 radical (unpaired) electrons. The van der Waals surface area contributed by atoms with Gasteiger partial charge in [-0.15, -0.1) is 0 Å². The van der Waals surface area contributed by atoms with Gasteiger partial charge in [0.1, 0.15) is 11.4 Å². The van der Waals surface area contributed by atoms with Gasteiger partial charge in [0, 0.05) is 36.7 Å². The Morgan fingerprint density at radius 1 is 1.30 bits per heavy atom. The maximum absolute atomic E-state index is 12.2. The van der Waals surface area contributed by atoms with E-state index < -0.39 is 5.60 Å². The van der Waals surface area contributed by atoms with E-state index in [0.29, 0.717) is 6.54 Å². The molecule has 0 aliphatic carbocycles. The summed E-state index contributed by atoms with van der Waals surface area (Å²) in [5, 5.41) is 1.12. The molecule has 0 fully saturated rings. The highest BCUT2D eigenvalue weighted by Gasteiger charge is 2.23. The molecule has 2 rings (SSSR count). The molecule has 0 bridgehead atoms. The lowest BCUT2D eigenvalue weighted by Crippen LogP contribution is -2.41. The zero-order valence-corrected chi connectivity index (χ0v) is 14.8. The van der Waals surface area contributed by atoms with Crippen molar-refractivity contribution in [2.45, 2.75) is 45.9 Å². The molecule has 2 aromatic rings. The third-order valence-corrected chi connectivity index (χ3v) is 3.78. The quantitative estimate of drug-likeness (QED) is 0.858. The number of nitrogens with zero attached hydrogens (tertiary/aromatic N) is 2. The lowest BCUT2D eigenvalue weighted by atomic mass is 10.2. The second-order valence-corrected chi connectivity index (χ2v) is 6.83. The first-order valence-electron chi connectivity index (χ1n) is 7.80. The summed E-state index contributed by atoms with van der Waals surface area (Å²) in [5.41, 5.74) is 0.636. The van der Waals surface area contributed by atoms with Crippen LogP contribution in [0.5, 0.6) is 5.75 Å². The largest absolute Gasteiger partial charge is 0.497 e. The van der Waals surface area contributed by atoms with Gasteiger partial charge in [0.05, 0.1) is 7.11 Å². The van der Waals surface area contributed by atoms with Crippen LogP contribution in [-0.4, -0.2) is 41.4 Å². The number of likely N-dealkylation sites (N-methyl/N-ethyl adjacent to an activating group) is 1. The summed E-state index contributed by atoms with van der Waals surface area (Å²) < 4.78 is 12.8. The summed E-state index contributed by atoms with van der Waals surface area (Å²) in [6.45, 7) is 8.33. The molecule has 0 unspecified atom stereocenters. The third-order valence-electron chi connectivity index (χ3n) is 3.78. The van der Waals surface area contributed by atoms with Gasteiger partial charge in [-0.05, 0) is 52.0 Å². The highest BCUT2D eigenvalue weighted by molar-refractivity contribution is 5.81. The number of benzene rings is 1. The molecule has 1 amide bonds. The van der Waals surface area contributed by atoms with Crippen molar-refractivity contribution in [2.24, 2.45) is 0 Å². The molecular weight excluding hydrogens is 292 g/mol. The fourth-order valence-corrected chi connectivity index (χ4v) is 2.39. The summed E-state index contributed by atoms with van der Waals surface area (Å²) in [5.74, 6) is 0.842. The Hall–Kier alpha value is -2.17. The molecular formula is C18H26N2O3. The van der Waals surface area contributed by atoms with Crippen molar-refractivity contribution in [3.8, 4) is 5.75 Å². The van der Waals surface area contributed by atoms with Crippen LogP contribution < -0.4 is 4.74 Å². The number of fused-ring (bicyclic) bond motifs is 1. The molecule has 0 aliphatic rings. The van der Waals surface area contributed by atoms with E-state index in [1.54, 1.807) is 19.1 Å². The van der Waals surface area contributed by atoms with Crippen molar-refractivity contribution in [3.63, 3.8) is 0 Å². The minimum atomic E-state index is -0.484. The summed E-state index contributed by atoms with van der Waals surface area (Å²) >= 11 is 0. The van der Waals surface area contributed by atoms with Crippen LogP contribution in [0.1, 0.15) is 27.7 Å². The normalized spacial score (nSPS) is 13.0. The molecule has 23 heavy (non-hydrogen) atoms. The molecule has 126 valence electrons. The first-order chi connectivity index (χ1) is 10.7. The van der Waals surface area contributed by atoms with Crippen molar-refractivity contribution in [3.05, 3.63) is 30.5 Å². The number of amides is 1. The Kier molecular flexibility index (Phi) is 4.88. The molecule has 1 heterocycles. The standard InChI is InChI=1S/C18H26N2O3/c1-13(19(5)17(21)23-18(2,3)4)12-20-10-9-14-11-15(22-6)7-8-16(14)20/h7-11,13H,12H2,1-6H3/t13-/m1/s1. The van der Waals surface area contributed by atoms with Crippen LogP contribution in [0.15, 0.2) is 30.5 Å². The second kappa shape index (κ2) is 6.52. The molecule has 5 heteroatoms. The Bertz CT molecular complexity index is 685. The van der Waals surface area contributed by atoms with E-state index >= 15 is 0 Å². The fourth-order valence-electron chi connectivity index (χ4n) is 2.39. The average Bonchev–Trinajstić information content (AvgIpc) is 2.86. The second-order valence-electron chi connectivity index (χ2n) is 6.83. The van der Waals surface area contributed by atoms with Crippen LogP contribution in [0.3, 0.4) is 0 Å². The highest BCUT2D eigenvalue weighted by atomic mass is 16.6. The molecule has 1 atom stereocenters. The predicted octanol–water partition coefficient (Wildman–Crippen LogP) is 3.91. The average molecular weight is 318 g/mol. The van der Waals surface area contributed by atoms with Crippen molar-refractivity contribution in [1.29, 1.82) is 0 Å². The predicted molar refractivity (Wildman–Crippen MR) is 91.9 cm³/mol. The van der Waals surface area contributed by atoms with E-state index in [4.69, 9.17) is 9.47 Å². The fraction of sp³-hybridized carbons (Fsp3) is 0.500. The molecule has 0 saturated carbocycles. The van der Waals surface area contributed by atoms with Crippen molar-refractivity contribution in [2.75, 3.05) is 14.2 Å². The Labute approximate surface area is 137 Å². The van der Waals surface area contributed by atoms with Crippen LogP contribution in [0.2, 0.25) is 0 Å². The SMILES string of the molecule is COc1ccc2c(ccn2C[C@@H](C)N(C)C(=O)OC(C)(C)C)c1. The molecule has 0 N–H and O–H groups in total. The van der Waals surface area contributed by atoms with Gasteiger partial charge in [0.25, 0.3) is 0 Å². The van der Waals surface area contributed by atoms with Crippen molar-refractivity contribution in [1.82, 2.24) is 9.47 Å². The van der Waals surface area contributed by atoms with Crippen LogP contribution in [0.25, 0.3) is 10.9 Å². The number of ether oxygens (including phenoxy) is 2. The lowest BCUT2D eigenvalue weighted by molar-refractivity contribution is 0.0224. The number of carbonyl (C=O) groups excluding carboxylic acids is 1. The van der Waals surface area contributed by atoms with E-state index in [9.17, 15) is 4.79 Å². The molecule has 0 aliphatic heterocycles. The van der Waals surface area contributed by atoms with Gasteiger partial charge in [-0.3, -0.25) is 0 Å². The van der Waals surface area contributed by atoms with Gasteiger partial charge < -0.3 is 18.9 Å². The van der Waals surface area contributed by atoms with Crippen LogP contribution >= 0.6 is 0 Å². The number of methoxy groups -OCH3 is 1. The van der Waals surface area contributed by atoms with Crippen LogP contribution in [0, 0.1) is 0 Å². The van der Waals surface area contributed by atoms with Gasteiger partial charge in [-0.2, -0.15) is 0 Å². The first kappa shape index (κ1) is 17.2. The van der Waals surface area contributed by atoms with Gasteiger partial charge in [-0.25, -0.2) is 4.79 Å². The highest BCUT2D eigenvalue weighted by Crippen LogP contribution is 2.22. The number of aromatic nitrogens is 1. The smallest absolute Gasteiger partial charge is 0.410 e. The number of carbonyl (C=O) groups is 1. The Balaban J connectivity index is 2.11. The summed E-state index contributed by atoms with van der Waals surface area (Å²) in [6.07, 6.45) is 1.73. The maximum Gasteiger partial charge on any atom is 0.410 e. The number of hydrogen-bond donors (Lipinski definition) is 0. The van der Waals surface area contributed by atoms with Gasteiger partial charge in [0.15, 0.2) is 0 Å². The van der Waals surface area contributed by atoms with Crippen molar-refractivity contribution >= 4 is 17.0 Å². The van der Waals surface area contributed by atoms with E-state index in [0.717, 1.165) is 16.7 Å². The van der Waals surface area contributed by atoms with E-state index in [-0.39, 0.29) is 12.1 Å². The first-order valence-corrected chi connectivity index (χ1v) is 7.80. The zero-order chi connectivity index (χ0) is 17.2. The summed E-state index contributed by atoms with van der Waals surface area (Å²) in [6, 6.07) is 8.06. The van der Waals surface area contributed by atoms with Gasteiger partial charge in [-0.1, -0.05) is 0 Å². The molecule has 1 aromatic heterocycles. The Morgan fingerprint density at radius 3 is 2.61 bits per heavy atom. The van der Waals surface area contributed by atoms with E-state index in [1.807, 2.05) is 52.1 Å². The summed E-state index contributed by atoms with van der Waals surface area (Å²) in [4.78, 5) is 13.8. The maximum atomic E-state index is 12.2. The van der Waals surface area contributed by atoms with Gasteiger partial charge in [0.2, 0.25) is 0 Å². The number of hydrogen-bond acceptors (Lipinski definition) is 3. The number of rotatable bonds is 4. The molecule has 0 saturated heterocycles. The minimum Gasteiger partial charge on any atom is -0.497 e. The minimum absolute atomic E-state index is 0.0163. The lowest BCUT2D eigenvalue weighted by Gasteiger charge is -2.29. The molecule has 1 aromatic carbocycles. The van der Waals surface area contributed by atoms with E-state index in [2.05, 4.69) is 10.6 Å². The van der Waals surface area contributed by atoms with Crippen molar-refractivity contribution < 1.29 is 14.3 Å². The van der Waals surface area contributed by atoms with Gasteiger partial charge >= 0.3 is 6.09 Å². The van der Waals surface area contributed by atoms with Crippen LogP contribution in [0.4, 0.5) is 4.79 Å². The zero-order valence-electron chi connectivity index (χ0n) is 14.8. The molecule has 5 nitrogen and oxygen atoms in total. The van der Waals surface area contributed by atoms with E-state index in [1.165, 1.54) is 0 Å². The molecule has 0 spiro atoms. The third kappa shape index (κ3) is 4.18. The van der Waals surface area contributed by atoms with Crippen LogP contribution in [-0.2, 0) is 11.3 Å². The topological polar surface area (TPSA) is 43.7 Å².